The van der Waals surface area contributed by atoms with Crippen molar-refractivity contribution in [2.24, 2.45) is 0 Å². The zero-order valence-electron chi connectivity index (χ0n) is 11.4. The first kappa shape index (κ1) is 14.1. The van der Waals surface area contributed by atoms with Crippen LogP contribution in [0.5, 0.6) is 0 Å². The van der Waals surface area contributed by atoms with Crippen molar-refractivity contribution in [2.75, 3.05) is 0 Å². The minimum atomic E-state index is -4.26. The Hall–Kier alpha value is -1.81. The van der Waals surface area contributed by atoms with E-state index in [1.54, 1.807) is 0 Å². The third-order valence-electron chi connectivity index (χ3n) is 3.87. The van der Waals surface area contributed by atoms with E-state index >= 15 is 0 Å². The monoisotopic (exact) mass is 291 g/mol. The number of nitrogens with one attached hydrogen (secondary N) is 1. The Morgan fingerprint density at radius 1 is 0.952 bits per heavy atom. The Bertz CT molecular complexity index is 590. The molecule has 1 aliphatic rings. The fourth-order valence-electron chi connectivity index (χ4n) is 2.55. The number of alkyl halides is 3. The van der Waals surface area contributed by atoms with E-state index in [0.29, 0.717) is 18.5 Å². The van der Waals surface area contributed by atoms with Gasteiger partial charge in [-0.1, -0.05) is 42.5 Å². The van der Waals surface area contributed by atoms with Crippen LogP contribution in [0.1, 0.15) is 29.0 Å². The molecule has 0 aliphatic heterocycles. The third-order valence-corrected chi connectivity index (χ3v) is 3.87. The second-order valence-electron chi connectivity index (χ2n) is 5.43. The maximum atomic E-state index is 12.5. The lowest BCUT2D eigenvalue weighted by Crippen LogP contribution is -2.17. The lowest BCUT2D eigenvalue weighted by Gasteiger charge is -2.08. The largest absolute Gasteiger partial charge is 0.416 e. The van der Waals surface area contributed by atoms with Gasteiger partial charge in [-0.2, -0.15) is 13.2 Å². The maximum Gasteiger partial charge on any atom is 0.416 e. The predicted molar refractivity (Wildman–Crippen MR) is 75.9 cm³/mol. The zero-order valence-corrected chi connectivity index (χ0v) is 11.4. The summed E-state index contributed by atoms with van der Waals surface area (Å²) in [5.74, 6) is 0.528. The van der Waals surface area contributed by atoms with Crippen molar-refractivity contribution in [2.45, 2.75) is 31.1 Å². The Morgan fingerprint density at radius 2 is 1.62 bits per heavy atom. The fourth-order valence-corrected chi connectivity index (χ4v) is 2.55. The molecule has 1 saturated carbocycles. The van der Waals surface area contributed by atoms with Gasteiger partial charge in [-0.25, -0.2) is 0 Å². The summed E-state index contributed by atoms with van der Waals surface area (Å²) < 4.78 is 37.4. The molecular weight excluding hydrogens is 275 g/mol. The van der Waals surface area contributed by atoms with Crippen molar-refractivity contribution >= 4 is 0 Å². The van der Waals surface area contributed by atoms with E-state index in [-0.39, 0.29) is 0 Å². The molecule has 1 aliphatic carbocycles. The van der Waals surface area contributed by atoms with E-state index in [0.717, 1.165) is 24.1 Å². The molecule has 0 radical (unpaired) electrons. The summed E-state index contributed by atoms with van der Waals surface area (Å²) in [5, 5.41) is 3.40. The van der Waals surface area contributed by atoms with Crippen LogP contribution in [0.4, 0.5) is 13.2 Å². The molecule has 4 heteroatoms. The van der Waals surface area contributed by atoms with Gasteiger partial charge in [0.15, 0.2) is 0 Å². The van der Waals surface area contributed by atoms with E-state index in [1.807, 2.05) is 18.2 Å². The van der Waals surface area contributed by atoms with Gasteiger partial charge in [-0.3, -0.25) is 0 Å². The van der Waals surface area contributed by atoms with Gasteiger partial charge >= 0.3 is 6.18 Å². The molecule has 0 bridgehead atoms. The summed E-state index contributed by atoms with van der Waals surface area (Å²) >= 11 is 0. The molecule has 2 aromatic rings. The first-order valence-electron chi connectivity index (χ1n) is 6.98. The lowest BCUT2D eigenvalue weighted by molar-refractivity contribution is -0.137. The molecule has 3 rings (SSSR count). The number of hydrogen-bond donors (Lipinski definition) is 1. The summed E-state index contributed by atoms with van der Waals surface area (Å²) in [6, 6.07) is 16.1. The van der Waals surface area contributed by atoms with E-state index in [1.165, 1.54) is 17.7 Å². The highest BCUT2D eigenvalue weighted by Crippen LogP contribution is 2.40. The highest BCUT2D eigenvalue weighted by atomic mass is 19.4. The Balaban J connectivity index is 1.53. The SMILES string of the molecule is FC(F)(F)c1ccc(CN[C@H]2CC2c2ccccc2)cc1. The molecule has 1 unspecified atom stereocenters. The fraction of sp³-hybridized carbons (Fsp3) is 0.294. The average molecular weight is 291 g/mol. The van der Waals surface area contributed by atoms with Crippen LogP contribution in [0.3, 0.4) is 0 Å². The van der Waals surface area contributed by atoms with Crippen LogP contribution < -0.4 is 5.32 Å². The standard InChI is InChI=1S/C17H16F3N/c18-17(19,20)14-8-6-12(7-9-14)11-21-16-10-15(16)13-4-2-1-3-5-13/h1-9,15-16,21H,10-11H2/t15?,16-/m0/s1. The number of halogens is 3. The molecule has 110 valence electrons. The molecule has 21 heavy (non-hydrogen) atoms. The smallest absolute Gasteiger partial charge is 0.309 e. The molecule has 1 fully saturated rings. The van der Waals surface area contributed by atoms with E-state index in [2.05, 4.69) is 17.4 Å². The van der Waals surface area contributed by atoms with Crippen LogP contribution in [-0.4, -0.2) is 6.04 Å². The minimum absolute atomic E-state index is 0.426. The first-order chi connectivity index (χ1) is 10.0. The molecule has 1 nitrogen and oxygen atoms in total. The molecular formula is C17H16F3N. The van der Waals surface area contributed by atoms with Gasteiger partial charge in [0.25, 0.3) is 0 Å². The molecule has 0 spiro atoms. The lowest BCUT2D eigenvalue weighted by atomic mass is 10.1. The van der Waals surface area contributed by atoms with E-state index in [4.69, 9.17) is 0 Å². The molecule has 0 amide bonds. The molecule has 2 aromatic carbocycles. The third kappa shape index (κ3) is 3.45. The van der Waals surface area contributed by atoms with Gasteiger partial charge < -0.3 is 5.32 Å². The number of rotatable bonds is 4. The Labute approximate surface area is 121 Å². The van der Waals surface area contributed by atoms with Gasteiger partial charge in [-0.05, 0) is 29.7 Å². The van der Waals surface area contributed by atoms with Gasteiger partial charge in [0.05, 0.1) is 5.56 Å². The quantitative estimate of drug-likeness (QED) is 0.883. The van der Waals surface area contributed by atoms with Crippen molar-refractivity contribution in [3.05, 3.63) is 71.3 Å². The summed E-state index contributed by atoms with van der Waals surface area (Å²) in [6.07, 6.45) is -3.18. The summed E-state index contributed by atoms with van der Waals surface area (Å²) in [6.45, 7) is 0.603. The Morgan fingerprint density at radius 3 is 2.24 bits per heavy atom. The second kappa shape index (κ2) is 5.53. The first-order valence-corrected chi connectivity index (χ1v) is 6.98. The van der Waals surface area contributed by atoms with Gasteiger partial charge in [0.2, 0.25) is 0 Å². The molecule has 1 N–H and O–H groups in total. The van der Waals surface area contributed by atoms with Crippen molar-refractivity contribution in [1.29, 1.82) is 0 Å². The van der Waals surface area contributed by atoms with Crippen LogP contribution in [0.2, 0.25) is 0 Å². The molecule has 2 atom stereocenters. The van der Waals surface area contributed by atoms with Gasteiger partial charge in [0, 0.05) is 18.5 Å². The molecule has 0 aromatic heterocycles. The molecule has 0 saturated heterocycles. The number of benzene rings is 2. The average Bonchev–Trinajstić information content (AvgIpc) is 3.25. The van der Waals surface area contributed by atoms with Crippen molar-refractivity contribution in [3.8, 4) is 0 Å². The normalized spacial score (nSPS) is 21.3. The summed E-state index contributed by atoms with van der Waals surface area (Å²) in [4.78, 5) is 0. The molecule has 0 heterocycles. The predicted octanol–water partition coefficient (Wildman–Crippen LogP) is 4.35. The van der Waals surface area contributed by atoms with Crippen LogP contribution in [0.25, 0.3) is 0 Å². The van der Waals surface area contributed by atoms with Crippen LogP contribution in [-0.2, 0) is 12.7 Å². The highest BCUT2D eigenvalue weighted by molar-refractivity contribution is 5.28. The second-order valence-corrected chi connectivity index (χ2v) is 5.43. The summed E-state index contributed by atoms with van der Waals surface area (Å²) in [5.41, 5.74) is 1.60. The van der Waals surface area contributed by atoms with Crippen molar-refractivity contribution < 1.29 is 13.2 Å². The van der Waals surface area contributed by atoms with Crippen molar-refractivity contribution in [3.63, 3.8) is 0 Å². The van der Waals surface area contributed by atoms with Crippen LogP contribution >= 0.6 is 0 Å². The van der Waals surface area contributed by atoms with Crippen LogP contribution in [0.15, 0.2) is 54.6 Å². The topological polar surface area (TPSA) is 12.0 Å². The van der Waals surface area contributed by atoms with E-state index in [9.17, 15) is 13.2 Å². The van der Waals surface area contributed by atoms with Gasteiger partial charge in [0.1, 0.15) is 0 Å². The summed E-state index contributed by atoms with van der Waals surface area (Å²) in [7, 11) is 0. The Kier molecular flexibility index (Phi) is 3.72. The number of hydrogen-bond acceptors (Lipinski definition) is 1. The zero-order chi connectivity index (χ0) is 14.9. The minimum Gasteiger partial charge on any atom is -0.309 e. The van der Waals surface area contributed by atoms with Gasteiger partial charge in [-0.15, -0.1) is 0 Å². The maximum absolute atomic E-state index is 12.5. The highest BCUT2D eigenvalue weighted by Gasteiger charge is 2.37. The van der Waals surface area contributed by atoms with E-state index < -0.39 is 11.7 Å². The van der Waals surface area contributed by atoms with Crippen molar-refractivity contribution in [1.82, 2.24) is 5.32 Å². The van der Waals surface area contributed by atoms with Crippen LogP contribution in [0, 0.1) is 0 Å².